The lowest BCUT2D eigenvalue weighted by Crippen LogP contribution is -3.06. The zero-order valence-corrected chi connectivity index (χ0v) is 16.7. The first kappa shape index (κ1) is 18.4. The van der Waals surface area contributed by atoms with E-state index >= 15 is 0 Å². The molecule has 2 aromatic carbocycles. The molecule has 1 unspecified atom stereocenters. The topological polar surface area (TPSA) is 81.5 Å². The van der Waals surface area contributed by atoms with E-state index in [1.165, 1.54) is 9.60 Å². The molecular weight excluding hydrogens is 376 g/mol. The predicted molar refractivity (Wildman–Crippen MR) is 109 cm³/mol. The second-order valence-corrected chi connectivity index (χ2v) is 7.74. The van der Waals surface area contributed by atoms with E-state index in [1.807, 2.05) is 18.2 Å². The van der Waals surface area contributed by atoms with E-state index < -0.39 is 0 Å². The molecule has 0 aliphatic rings. The number of nitrogens with one attached hydrogen (secondary N) is 2. The number of rotatable bonds is 6. The standard InChI is InChI=1S/C20H20N4O3S/c1-24(11-19-22-13-6-4-5-7-17(13)28-19)10-18-21-14-9-16(27-3)15(26-2)8-12(14)20(25)23-18/h4-9H,10-11H2,1-3H3,(H,21,23,25)/p+1. The number of hydrogen-bond donors (Lipinski definition) is 2. The number of quaternary nitrogens is 1. The summed E-state index contributed by atoms with van der Waals surface area (Å²) in [6, 6.07) is 11.5. The summed E-state index contributed by atoms with van der Waals surface area (Å²) >= 11 is 1.70. The first-order valence-electron chi connectivity index (χ1n) is 8.88. The van der Waals surface area contributed by atoms with Crippen molar-refractivity contribution in [1.82, 2.24) is 15.0 Å². The van der Waals surface area contributed by atoms with Gasteiger partial charge in [0.15, 0.2) is 17.3 Å². The number of thiazole rings is 1. The minimum Gasteiger partial charge on any atom is -0.493 e. The molecule has 4 aromatic rings. The van der Waals surface area contributed by atoms with Crippen LogP contribution in [0.15, 0.2) is 41.2 Å². The third-order valence-electron chi connectivity index (χ3n) is 4.52. The number of hydrogen-bond acceptors (Lipinski definition) is 6. The zero-order chi connectivity index (χ0) is 19.7. The number of para-hydroxylation sites is 1. The number of aromatic amines is 1. The molecule has 1 atom stereocenters. The van der Waals surface area contributed by atoms with Gasteiger partial charge in [-0.25, -0.2) is 9.97 Å². The first-order chi connectivity index (χ1) is 13.6. The van der Waals surface area contributed by atoms with Crippen molar-refractivity contribution in [2.45, 2.75) is 13.1 Å². The summed E-state index contributed by atoms with van der Waals surface area (Å²) in [7, 11) is 5.17. The average molecular weight is 397 g/mol. The Bertz CT molecular complexity index is 1170. The number of fused-ring (bicyclic) bond motifs is 2. The highest BCUT2D eigenvalue weighted by Gasteiger charge is 2.14. The van der Waals surface area contributed by atoms with Gasteiger partial charge in [-0.1, -0.05) is 12.1 Å². The molecule has 2 aromatic heterocycles. The van der Waals surface area contributed by atoms with Gasteiger partial charge in [0.05, 0.1) is 42.4 Å². The maximum absolute atomic E-state index is 12.5. The summed E-state index contributed by atoms with van der Waals surface area (Å²) in [5.74, 6) is 1.69. The molecule has 4 rings (SSSR count). The van der Waals surface area contributed by atoms with E-state index in [0.29, 0.717) is 34.8 Å². The quantitative estimate of drug-likeness (QED) is 0.518. The zero-order valence-electron chi connectivity index (χ0n) is 15.9. The molecule has 8 heteroatoms. The van der Waals surface area contributed by atoms with Crippen LogP contribution in [0.5, 0.6) is 11.5 Å². The summed E-state index contributed by atoms with van der Waals surface area (Å²) in [4.78, 5) is 25.9. The lowest BCUT2D eigenvalue weighted by molar-refractivity contribution is -0.908. The van der Waals surface area contributed by atoms with E-state index in [-0.39, 0.29) is 5.56 Å². The number of benzene rings is 2. The van der Waals surface area contributed by atoms with Gasteiger partial charge in [-0.15, -0.1) is 11.3 Å². The highest BCUT2D eigenvalue weighted by atomic mass is 32.1. The Morgan fingerprint density at radius 1 is 1.04 bits per heavy atom. The smallest absolute Gasteiger partial charge is 0.259 e. The van der Waals surface area contributed by atoms with Crippen LogP contribution >= 0.6 is 11.3 Å². The Hall–Kier alpha value is -2.97. The lowest BCUT2D eigenvalue weighted by atomic mass is 10.2. The molecule has 2 heterocycles. The number of nitrogens with zero attached hydrogens (tertiary/aromatic N) is 2. The van der Waals surface area contributed by atoms with E-state index in [2.05, 4.69) is 28.1 Å². The fourth-order valence-electron chi connectivity index (χ4n) is 3.20. The fourth-order valence-corrected chi connectivity index (χ4v) is 4.28. The highest BCUT2D eigenvalue weighted by molar-refractivity contribution is 7.18. The van der Waals surface area contributed by atoms with Gasteiger partial charge in [0.2, 0.25) is 0 Å². The van der Waals surface area contributed by atoms with Crippen LogP contribution in [0.2, 0.25) is 0 Å². The van der Waals surface area contributed by atoms with E-state index in [0.717, 1.165) is 17.1 Å². The monoisotopic (exact) mass is 397 g/mol. The minimum absolute atomic E-state index is 0.186. The Morgan fingerprint density at radius 2 is 1.79 bits per heavy atom. The van der Waals surface area contributed by atoms with Crippen molar-refractivity contribution in [3.63, 3.8) is 0 Å². The van der Waals surface area contributed by atoms with Gasteiger partial charge < -0.3 is 19.4 Å². The summed E-state index contributed by atoms with van der Waals surface area (Å²) in [6.07, 6.45) is 0. The summed E-state index contributed by atoms with van der Waals surface area (Å²) in [5.41, 5.74) is 1.42. The van der Waals surface area contributed by atoms with Crippen molar-refractivity contribution >= 4 is 32.5 Å². The Balaban J connectivity index is 1.58. The third-order valence-corrected chi connectivity index (χ3v) is 5.56. The maximum atomic E-state index is 12.5. The molecule has 0 bridgehead atoms. The van der Waals surface area contributed by atoms with E-state index in [4.69, 9.17) is 9.47 Å². The number of ether oxygens (including phenoxy) is 2. The van der Waals surface area contributed by atoms with Crippen LogP contribution in [-0.2, 0) is 13.1 Å². The second kappa shape index (κ2) is 7.57. The minimum atomic E-state index is -0.186. The van der Waals surface area contributed by atoms with Crippen molar-refractivity contribution in [2.24, 2.45) is 0 Å². The van der Waals surface area contributed by atoms with Crippen LogP contribution in [0.4, 0.5) is 0 Å². The van der Waals surface area contributed by atoms with Crippen molar-refractivity contribution in [2.75, 3.05) is 21.3 Å². The van der Waals surface area contributed by atoms with Gasteiger partial charge in [0.25, 0.3) is 5.56 Å². The molecule has 0 radical (unpaired) electrons. The molecule has 144 valence electrons. The van der Waals surface area contributed by atoms with Gasteiger partial charge in [-0.3, -0.25) is 4.79 Å². The fraction of sp³-hybridized carbons (Fsp3) is 0.250. The Labute approximate surface area is 165 Å². The molecule has 28 heavy (non-hydrogen) atoms. The van der Waals surface area contributed by atoms with Crippen molar-refractivity contribution < 1.29 is 14.4 Å². The summed E-state index contributed by atoms with van der Waals surface area (Å²) in [6.45, 7) is 1.34. The number of methoxy groups -OCH3 is 2. The molecule has 0 saturated carbocycles. The molecule has 0 fully saturated rings. The van der Waals surface area contributed by atoms with E-state index in [9.17, 15) is 4.79 Å². The van der Waals surface area contributed by atoms with Crippen LogP contribution in [0, 0.1) is 0 Å². The van der Waals surface area contributed by atoms with Crippen molar-refractivity contribution in [3.8, 4) is 11.5 Å². The summed E-state index contributed by atoms with van der Waals surface area (Å²) < 4.78 is 11.8. The van der Waals surface area contributed by atoms with Gasteiger partial charge in [-0.05, 0) is 18.2 Å². The lowest BCUT2D eigenvalue weighted by Gasteiger charge is -2.13. The molecule has 0 saturated heterocycles. The largest absolute Gasteiger partial charge is 0.493 e. The molecule has 0 spiro atoms. The Kier molecular flexibility index (Phi) is 4.97. The first-order valence-corrected chi connectivity index (χ1v) is 9.69. The average Bonchev–Trinajstić information content (AvgIpc) is 3.09. The Morgan fingerprint density at radius 3 is 2.54 bits per heavy atom. The molecule has 7 nitrogen and oxygen atoms in total. The van der Waals surface area contributed by atoms with Crippen molar-refractivity contribution in [3.05, 3.63) is 57.6 Å². The molecule has 0 aliphatic carbocycles. The van der Waals surface area contributed by atoms with Crippen LogP contribution < -0.4 is 19.9 Å². The van der Waals surface area contributed by atoms with Gasteiger partial charge >= 0.3 is 0 Å². The van der Waals surface area contributed by atoms with Crippen LogP contribution in [0.1, 0.15) is 10.8 Å². The van der Waals surface area contributed by atoms with Crippen LogP contribution in [-0.4, -0.2) is 36.2 Å². The van der Waals surface area contributed by atoms with Gasteiger partial charge in [0.1, 0.15) is 18.1 Å². The van der Waals surface area contributed by atoms with E-state index in [1.54, 1.807) is 37.7 Å². The number of aromatic nitrogens is 3. The van der Waals surface area contributed by atoms with Gasteiger partial charge in [-0.2, -0.15) is 0 Å². The van der Waals surface area contributed by atoms with Crippen LogP contribution in [0.3, 0.4) is 0 Å². The third kappa shape index (κ3) is 3.56. The summed E-state index contributed by atoms with van der Waals surface area (Å²) in [5, 5.41) is 1.54. The molecule has 0 aliphatic heterocycles. The van der Waals surface area contributed by atoms with Crippen molar-refractivity contribution in [1.29, 1.82) is 0 Å². The SMILES string of the molecule is COc1cc2nc(C[NH+](C)Cc3nc4ccccc4s3)[nH]c(=O)c2cc1OC. The highest BCUT2D eigenvalue weighted by Crippen LogP contribution is 2.29. The van der Waals surface area contributed by atoms with Crippen LogP contribution in [0.25, 0.3) is 21.1 Å². The molecule has 0 amide bonds. The normalized spacial score (nSPS) is 12.4. The second-order valence-electron chi connectivity index (χ2n) is 6.62. The number of H-pyrrole nitrogens is 1. The molecule has 2 N–H and O–H groups in total. The maximum Gasteiger partial charge on any atom is 0.259 e. The predicted octanol–water partition coefficient (Wildman–Crippen LogP) is 1.76. The molecular formula is C20H21N4O3S+. The van der Waals surface area contributed by atoms with Gasteiger partial charge in [0, 0.05) is 6.07 Å².